The minimum absolute atomic E-state index is 0.0647. The Morgan fingerprint density at radius 2 is 1.66 bits per heavy atom. The summed E-state index contributed by atoms with van der Waals surface area (Å²) in [5, 5.41) is 0. The second kappa shape index (κ2) is 6.86. The summed E-state index contributed by atoms with van der Waals surface area (Å²) < 4.78 is 68.9. The second-order valence-corrected chi connectivity index (χ2v) is 9.33. The van der Waals surface area contributed by atoms with Gasteiger partial charge in [-0.25, -0.2) is 8.42 Å². The lowest BCUT2D eigenvalue weighted by molar-refractivity contribution is -0.147. The number of benzene rings is 1. The fourth-order valence-corrected chi connectivity index (χ4v) is 6.28. The number of hydrogen-bond donors (Lipinski definition) is 0. The van der Waals surface area contributed by atoms with Crippen molar-refractivity contribution >= 4 is 21.9 Å². The lowest BCUT2D eigenvalue weighted by Crippen LogP contribution is -2.35. The molecule has 1 aromatic rings. The summed E-state index contributed by atoms with van der Waals surface area (Å²) in [6.07, 6.45) is -1.78. The first kappa shape index (κ1) is 19.9. The quantitative estimate of drug-likeness (QED) is 0.688. The number of esters is 1. The molecule has 1 fully saturated rings. The molecule has 1 heterocycles. The van der Waals surface area contributed by atoms with Gasteiger partial charge in [-0.15, -0.1) is 0 Å². The van der Waals surface area contributed by atoms with Gasteiger partial charge in [0.1, 0.15) is 0 Å². The molecule has 0 aromatic heterocycles. The number of sulfonamides is 1. The van der Waals surface area contributed by atoms with E-state index in [0.29, 0.717) is 9.88 Å². The van der Waals surface area contributed by atoms with Crippen LogP contribution in [0.15, 0.2) is 34.7 Å². The Morgan fingerprint density at radius 1 is 1.07 bits per heavy atom. The molecule has 29 heavy (non-hydrogen) atoms. The molecule has 156 valence electrons. The van der Waals surface area contributed by atoms with Crippen LogP contribution in [0.5, 0.6) is 0 Å². The molecule has 0 saturated heterocycles. The Balaban J connectivity index is 1.41. The highest BCUT2D eigenvalue weighted by Gasteiger charge is 2.53. The van der Waals surface area contributed by atoms with Gasteiger partial charge in [-0.05, 0) is 55.2 Å². The van der Waals surface area contributed by atoms with Gasteiger partial charge in [0.15, 0.2) is 6.73 Å². The van der Waals surface area contributed by atoms with Crippen LogP contribution in [0.3, 0.4) is 0 Å². The summed E-state index contributed by atoms with van der Waals surface area (Å²) in [6.45, 7) is -0.729. The topological polar surface area (TPSA) is 80.8 Å². The van der Waals surface area contributed by atoms with Crippen LogP contribution in [0.1, 0.15) is 36.8 Å². The van der Waals surface area contributed by atoms with Crippen LogP contribution in [0.25, 0.3) is 0 Å². The van der Waals surface area contributed by atoms with E-state index in [9.17, 15) is 31.2 Å². The van der Waals surface area contributed by atoms with Crippen molar-refractivity contribution in [2.45, 2.75) is 38.3 Å². The number of amides is 1. The predicted molar refractivity (Wildman–Crippen MR) is 94.3 cm³/mol. The van der Waals surface area contributed by atoms with Gasteiger partial charge in [-0.2, -0.15) is 17.5 Å². The molecule has 0 spiro atoms. The SMILES string of the molecule is O=C(Cc1ccc(C(F)(F)F)cc1)OCN1C(=O)C2=C(C3CCC2CC3)S1(=O)=O. The maximum Gasteiger partial charge on any atom is 0.416 e. The molecule has 2 bridgehead atoms. The van der Waals surface area contributed by atoms with Crippen molar-refractivity contribution in [3.8, 4) is 0 Å². The molecule has 1 amide bonds. The summed E-state index contributed by atoms with van der Waals surface area (Å²) in [6, 6.07) is 4.01. The first-order valence-electron chi connectivity index (χ1n) is 9.22. The number of rotatable bonds is 4. The van der Waals surface area contributed by atoms with E-state index in [1.54, 1.807) is 0 Å². The van der Waals surface area contributed by atoms with E-state index in [1.165, 1.54) is 0 Å². The van der Waals surface area contributed by atoms with E-state index >= 15 is 0 Å². The second-order valence-electron chi connectivity index (χ2n) is 7.50. The van der Waals surface area contributed by atoms with Crippen molar-refractivity contribution < 1.29 is 35.9 Å². The number of ether oxygens (including phenoxy) is 1. The lowest BCUT2D eigenvalue weighted by atomic mass is 9.71. The molecule has 0 unspecified atom stereocenters. The Kier molecular flexibility index (Phi) is 4.71. The molecule has 1 aliphatic heterocycles. The van der Waals surface area contributed by atoms with Crippen LogP contribution in [0, 0.1) is 11.8 Å². The number of hydrogen-bond acceptors (Lipinski definition) is 5. The summed E-state index contributed by atoms with van der Waals surface area (Å²) in [5.41, 5.74) is -0.213. The highest BCUT2D eigenvalue weighted by molar-refractivity contribution is 7.94. The first-order valence-corrected chi connectivity index (χ1v) is 10.7. The number of halogens is 3. The standard InChI is InChI=1S/C19H18F3NO5S/c20-19(21,22)14-7-1-11(2-8-14)9-15(24)28-10-23-18(25)16-12-3-5-13(6-4-12)17(16)29(23,26)27/h1-2,7-8,12-13H,3-6,9-10H2. The number of alkyl halides is 3. The molecular formula is C19H18F3NO5S. The maximum atomic E-state index is 12.8. The summed E-state index contributed by atoms with van der Waals surface area (Å²) >= 11 is 0. The van der Waals surface area contributed by atoms with Gasteiger partial charge >= 0.3 is 12.1 Å². The van der Waals surface area contributed by atoms with E-state index in [1.807, 2.05) is 0 Å². The predicted octanol–water partition coefficient (Wildman–Crippen LogP) is 2.99. The molecule has 4 aliphatic rings. The Labute approximate surface area is 165 Å². The Hall–Kier alpha value is -2.36. The van der Waals surface area contributed by atoms with Crippen molar-refractivity contribution in [1.29, 1.82) is 0 Å². The lowest BCUT2D eigenvalue weighted by Gasteiger charge is -2.34. The Morgan fingerprint density at radius 3 is 2.21 bits per heavy atom. The number of fused-ring (bicyclic) bond motifs is 2. The monoisotopic (exact) mass is 429 g/mol. The molecule has 0 atom stereocenters. The van der Waals surface area contributed by atoms with Gasteiger partial charge in [-0.3, -0.25) is 9.59 Å². The normalized spacial score (nSPS) is 25.3. The van der Waals surface area contributed by atoms with Gasteiger partial charge in [-0.1, -0.05) is 12.1 Å². The largest absolute Gasteiger partial charge is 0.443 e. The maximum absolute atomic E-state index is 12.8. The minimum Gasteiger partial charge on any atom is -0.443 e. The highest BCUT2D eigenvalue weighted by atomic mass is 32.2. The summed E-state index contributed by atoms with van der Waals surface area (Å²) in [7, 11) is -4.00. The zero-order valence-electron chi connectivity index (χ0n) is 15.2. The van der Waals surface area contributed by atoms with E-state index in [0.717, 1.165) is 49.9 Å². The van der Waals surface area contributed by atoms with E-state index in [4.69, 9.17) is 4.74 Å². The fraction of sp³-hybridized carbons (Fsp3) is 0.474. The van der Waals surface area contributed by atoms with Crippen molar-refractivity contribution in [2.75, 3.05) is 6.73 Å². The van der Waals surface area contributed by atoms with Crippen LogP contribution >= 0.6 is 0 Å². The average Bonchev–Trinajstić information content (AvgIpc) is 2.88. The zero-order chi connectivity index (χ0) is 21.0. The number of carbonyl (C=O) groups excluding carboxylic acids is 2. The third kappa shape index (κ3) is 3.43. The van der Waals surface area contributed by atoms with Crippen molar-refractivity contribution in [3.05, 3.63) is 45.9 Å². The summed E-state index contributed by atoms with van der Waals surface area (Å²) in [4.78, 5) is 24.9. The fourth-order valence-electron chi connectivity index (χ4n) is 4.35. The third-order valence-electron chi connectivity index (χ3n) is 5.77. The average molecular weight is 429 g/mol. The molecular weight excluding hydrogens is 411 g/mol. The zero-order valence-corrected chi connectivity index (χ0v) is 16.1. The van der Waals surface area contributed by atoms with Gasteiger partial charge in [0.05, 0.1) is 16.9 Å². The molecule has 5 rings (SSSR count). The molecule has 6 nitrogen and oxygen atoms in total. The summed E-state index contributed by atoms with van der Waals surface area (Å²) in [5.74, 6) is -1.68. The smallest absolute Gasteiger partial charge is 0.416 e. The van der Waals surface area contributed by atoms with E-state index in [-0.39, 0.29) is 28.7 Å². The van der Waals surface area contributed by atoms with E-state index < -0.39 is 40.4 Å². The van der Waals surface area contributed by atoms with Crippen LogP contribution in [-0.4, -0.2) is 31.3 Å². The van der Waals surface area contributed by atoms with Crippen LogP contribution in [0.2, 0.25) is 0 Å². The third-order valence-corrected chi connectivity index (χ3v) is 7.73. The van der Waals surface area contributed by atoms with Gasteiger partial charge in [0.25, 0.3) is 15.9 Å². The molecule has 10 heteroatoms. The van der Waals surface area contributed by atoms with Gasteiger partial charge < -0.3 is 4.74 Å². The minimum atomic E-state index is -4.48. The first-order chi connectivity index (χ1) is 13.6. The van der Waals surface area contributed by atoms with Crippen molar-refractivity contribution in [2.24, 2.45) is 11.8 Å². The van der Waals surface area contributed by atoms with Gasteiger partial charge in [0.2, 0.25) is 0 Å². The van der Waals surface area contributed by atoms with Crippen LogP contribution in [-0.2, 0) is 36.9 Å². The van der Waals surface area contributed by atoms with E-state index in [2.05, 4.69) is 0 Å². The van der Waals surface area contributed by atoms with Crippen molar-refractivity contribution in [1.82, 2.24) is 4.31 Å². The number of carbonyl (C=O) groups is 2. The molecule has 1 saturated carbocycles. The molecule has 1 aromatic carbocycles. The molecule has 0 radical (unpaired) electrons. The van der Waals surface area contributed by atoms with Gasteiger partial charge in [0, 0.05) is 5.57 Å². The van der Waals surface area contributed by atoms with Crippen LogP contribution in [0.4, 0.5) is 13.2 Å². The number of nitrogens with zero attached hydrogens (tertiary/aromatic N) is 1. The number of allylic oxidation sites excluding steroid dienone is 1. The highest BCUT2D eigenvalue weighted by Crippen LogP contribution is 2.51. The Bertz CT molecular complexity index is 990. The molecule has 0 N–H and O–H groups in total. The van der Waals surface area contributed by atoms with Crippen LogP contribution < -0.4 is 0 Å². The molecule has 3 aliphatic carbocycles. The van der Waals surface area contributed by atoms with Crippen molar-refractivity contribution in [3.63, 3.8) is 0 Å².